The van der Waals surface area contributed by atoms with Crippen molar-refractivity contribution in [3.63, 3.8) is 0 Å². The zero-order valence-corrected chi connectivity index (χ0v) is 11.3. The van der Waals surface area contributed by atoms with Crippen molar-refractivity contribution in [2.75, 3.05) is 13.1 Å². The lowest BCUT2D eigenvalue weighted by Crippen LogP contribution is -2.40. The number of hydrogen-bond donors (Lipinski definition) is 4. The molecule has 1 aromatic rings. The van der Waals surface area contributed by atoms with E-state index in [9.17, 15) is 15.0 Å². The van der Waals surface area contributed by atoms with Crippen LogP contribution >= 0.6 is 0 Å². The fourth-order valence-corrected chi connectivity index (χ4v) is 3.43. The van der Waals surface area contributed by atoms with Gasteiger partial charge in [0, 0.05) is 17.7 Å². The monoisotopic (exact) mass is 276 g/mol. The quantitative estimate of drug-likeness (QED) is 0.654. The number of nitrogens with one attached hydrogen (secondary N) is 2. The Morgan fingerprint density at radius 1 is 1.10 bits per heavy atom. The van der Waals surface area contributed by atoms with Gasteiger partial charge in [-0.25, -0.2) is 0 Å². The molecule has 0 bridgehead atoms. The normalized spacial score (nSPS) is 28.9. The predicted molar refractivity (Wildman–Crippen MR) is 74.7 cm³/mol. The Bertz CT molecular complexity index is 498. The van der Waals surface area contributed by atoms with E-state index in [0.29, 0.717) is 11.5 Å². The molecule has 1 amide bonds. The fourth-order valence-electron chi connectivity index (χ4n) is 3.43. The lowest BCUT2D eigenvalue weighted by Gasteiger charge is -2.31. The van der Waals surface area contributed by atoms with Crippen molar-refractivity contribution in [2.45, 2.75) is 25.3 Å². The van der Waals surface area contributed by atoms with Crippen molar-refractivity contribution in [1.82, 2.24) is 10.6 Å². The maximum atomic E-state index is 12.2. The van der Waals surface area contributed by atoms with Gasteiger partial charge in [-0.15, -0.1) is 0 Å². The predicted octanol–water partition coefficient (Wildman–Crippen LogP) is 1.22. The van der Waals surface area contributed by atoms with Crippen molar-refractivity contribution < 1.29 is 15.0 Å². The molecular formula is C15H20N2O3. The number of phenols is 2. The van der Waals surface area contributed by atoms with Crippen LogP contribution < -0.4 is 10.6 Å². The van der Waals surface area contributed by atoms with Crippen molar-refractivity contribution in [1.29, 1.82) is 0 Å². The van der Waals surface area contributed by atoms with E-state index in [2.05, 4.69) is 10.6 Å². The van der Waals surface area contributed by atoms with E-state index in [1.165, 1.54) is 18.2 Å². The van der Waals surface area contributed by atoms with Crippen LogP contribution in [-0.2, 0) is 0 Å². The van der Waals surface area contributed by atoms with E-state index in [1.807, 2.05) is 0 Å². The third-order valence-corrected chi connectivity index (χ3v) is 4.45. The van der Waals surface area contributed by atoms with E-state index >= 15 is 0 Å². The van der Waals surface area contributed by atoms with Crippen LogP contribution in [-0.4, -0.2) is 35.3 Å². The minimum absolute atomic E-state index is 0.0983. The number of hydrogen-bond acceptors (Lipinski definition) is 4. The summed E-state index contributed by atoms with van der Waals surface area (Å²) >= 11 is 0. The highest BCUT2D eigenvalue weighted by Gasteiger charge is 2.34. The fraction of sp³-hybridized carbons (Fsp3) is 0.533. The van der Waals surface area contributed by atoms with Gasteiger partial charge in [0.05, 0.1) is 0 Å². The van der Waals surface area contributed by atoms with Gasteiger partial charge >= 0.3 is 0 Å². The van der Waals surface area contributed by atoms with Crippen LogP contribution in [0.25, 0.3) is 0 Å². The second kappa shape index (κ2) is 5.32. The molecule has 0 aromatic heterocycles. The average Bonchev–Trinajstić information content (AvgIpc) is 2.85. The Kier molecular flexibility index (Phi) is 3.53. The highest BCUT2D eigenvalue weighted by Crippen LogP contribution is 2.32. The number of carbonyl (C=O) groups excluding carboxylic acids is 1. The lowest BCUT2D eigenvalue weighted by atomic mass is 9.79. The van der Waals surface area contributed by atoms with Gasteiger partial charge in [-0.1, -0.05) is 0 Å². The summed E-state index contributed by atoms with van der Waals surface area (Å²) in [6.45, 7) is 2.15. The summed E-state index contributed by atoms with van der Waals surface area (Å²) in [4.78, 5) is 12.2. The summed E-state index contributed by atoms with van der Waals surface area (Å²) in [5.41, 5.74) is 0.300. The van der Waals surface area contributed by atoms with Crippen LogP contribution in [0.15, 0.2) is 18.2 Å². The van der Waals surface area contributed by atoms with Gasteiger partial charge in [-0.05, 0) is 56.3 Å². The van der Waals surface area contributed by atoms with E-state index < -0.39 is 0 Å². The van der Waals surface area contributed by atoms with Gasteiger partial charge in [-0.2, -0.15) is 0 Å². The van der Waals surface area contributed by atoms with Crippen LogP contribution in [0, 0.1) is 11.8 Å². The number of benzene rings is 1. The molecule has 5 nitrogen and oxygen atoms in total. The van der Waals surface area contributed by atoms with Crippen LogP contribution in [0.5, 0.6) is 11.5 Å². The Labute approximate surface area is 118 Å². The highest BCUT2D eigenvalue weighted by atomic mass is 16.3. The van der Waals surface area contributed by atoms with Gasteiger partial charge in [0.25, 0.3) is 5.91 Å². The number of aromatic hydroxyl groups is 2. The van der Waals surface area contributed by atoms with Crippen LogP contribution in [0.3, 0.4) is 0 Å². The van der Waals surface area contributed by atoms with Gasteiger partial charge in [-0.3, -0.25) is 4.79 Å². The van der Waals surface area contributed by atoms with Crippen LogP contribution in [0.1, 0.15) is 29.6 Å². The molecule has 108 valence electrons. The molecule has 0 radical (unpaired) electrons. The Morgan fingerprint density at radius 3 is 2.55 bits per heavy atom. The molecule has 20 heavy (non-hydrogen) atoms. The molecule has 2 fully saturated rings. The van der Waals surface area contributed by atoms with E-state index in [4.69, 9.17) is 0 Å². The SMILES string of the molecule is O=C(NC1CC[C@H]2CNC[C@H]2C1)c1cc(O)cc(O)c1. The second-order valence-corrected chi connectivity index (χ2v) is 5.90. The molecule has 1 unspecified atom stereocenters. The standard InChI is InChI=1S/C15H20N2O3/c18-13-4-10(5-14(19)6-13)15(20)17-12-2-1-9-7-16-8-11(9)3-12/h4-6,9,11-12,16,18-19H,1-3,7-8H2,(H,17,20)/t9-,11+,12?/m0/s1. The topological polar surface area (TPSA) is 81.6 Å². The van der Waals surface area contributed by atoms with Gasteiger partial charge < -0.3 is 20.8 Å². The molecule has 3 rings (SSSR count). The largest absolute Gasteiger partial charge is 0.508 e. The molecule has 1 aliphatic carbocycles. The number of fused-ring (bicyclic) bond motifs is 1. The molecule has 1 heterocycles. The molecular weight excluding hydrogens is 256 g/mol. The number of carbonyl (C=O) groups is 1. The summed E-state index contributed by atoms with van der Waals surface area (Å²) in [7, 11) is 0. The molecule has 2 aliphatic rings. The first kappa shape index (κ1) is 13.2. The van der Waals surface area contributed by atoms with Crippen molar-refractivity contribution in [3.05, 3.63) is 23.8 Å². The minimum atomic E-state index is -0.231. The van der Waals surface area contributed by atoms with Gasteiger partial charge in [0.15, 0.2) is 0 Å². The summed E-state index contributed by atoms with van der Waals surface area (Å²) in [5.74, 6) is 0.989. The third-order valence-electron chi connectivity index (χ3n) is 4.45. The summed E-state index contributed by atoms with van der Waals surface area (Å²) in [5, 5.41) is 25.3. The maximum Gasteiger partial charge on any atom is 0.251 e. The molecule has 1 saturated heterocycles. The third kappa shape index (κ3) is 2.72. The Hall–Kier alpha value is -1.75. The van der Waals surface area contributed by atoms with E-state index in [0.717, 1.165) is 38.3 Å². The summed E-state index contributed by atoms with van der Waals surface area (Å²) in [6.07, 6.45) is 3.15. The molecule has 3 atom stereocenters. The van der Waals surface area contributed by atoms with Crippen LogP contribution in [0.4, 0.5) is 0 Å². The van der Waals surface area contributed by atoms with Crippen molar-refractivity contribution >= 4 is 5.91 Å². The average molecular weight is 276 g/mol. The zero-order valence-electron chi connectivity index (χ0n) is 11.3. The van der Waals surface area contributed by atoms with Crippen molar-refractivity contribution in [2.24, 2.45) is 11.8 Å². The van der Waals surface area contributed by atoms with Gasteiger partial charge in [0.2, 0.25) is 0 Å². The number of rotatable bonds is 2. The van der Waals surface area contributed by atoms with Crippen LogP contribution in [0.2, 0.25) is 0 Å². The molecule has 4 N–H and O–H groups in total. The second-order valence-electron chi connectivity index (χ2n) is 5.90. The van der Waals surface area contributed by atoms with E-state index in [-0.39, 0.29) is 23.4 Å². The smallest absolute Gasteiger partial charge is 0.251 e. The minimum Gasteiger partial charge on any atom is -0.508 e. The first-order chi connectivity index (χ1) is 9.61. The molecule has 1 aromatic carbocycles. The lowest BCUT2D eigenvalue weighted by molar-refractivity contribution is 0.0913. The zero-order chi connectivity index (χ0) is 14.1. The molecule has 1 saturated carbocycles. The van der Waals surface area contributed by atoms with E-state index in [1.54, 1.807) is 0 Å². The molecule has 1 aliphatic heterocycles. The number of phenolic OH excluding ortho intramolecular Hbond substituents is 2. The Balaban J connectivity index is 1.64. The maximum absolute atomic E-state index is 12.2. The first-order valence-electron chi connectivity index (χ1n) is 7.16. The Morgan fingerprint density at radius 2 is 1.80 bits per heavy atom. The summed E-state index contributed by atoms with van der Waals surface area (Å²) < 4.78 is 0. The van der Waals surface area contributed by atoms with Gasteiger partial charge in [0.1, 0.15) is 11.5 Å². The molecule has 5 heteroatoms. The number of amides is 1. The summed E-state index contributed by atoms with van der Waals surface area (Å²) in [6, 6.07) is 4.15. The highest BCUT2D eigenvalue weighted by molar-refractivity contribution is 5.95. The molecule has 0 spiro atoms. The first-order valence-corrected chi connectivity index (χ1v) is 7.16. The van der Waals surface area contributed by atoms with Crippen molar-refractivity contribution in [3.8, 4) is 11.5 Å².